The Hall–Kier alpha value is -2.87. The van der Waals surface area contributed by atoms with Gasteiger partial charge in [-0.25, -0.2) is 8.42 Å². The molecule has 0 spiro atoms. The number of rotatable bonds is 4. The zero-order chi connectivity index (χ0) is 19.9. The maximum atomic E-state index is 12.6. The molecular formula is C20H21N3O4S. The quantitative estimate of drug-likeness (QED) is 0.855. The second-order valence-electron chi connectivity index (χ2n) is 7.08. The van der Waals surface area contributed by atoms with Crippen LogP contribution in [0.25, 0.3) is 0 Å². The number of benzene rings is 2. The van der Waals surface area contributed by atoms with Crippen molar-refractivity contribution >= 4 is 38.9 Å². The lowest BCUT2D eigenvalue weighted by atomic mass is 10.1. The van der Waals surface area contributed by atoms with Crippen LogP contribution >= 0.6 is 0 Å². The minimum absolute atomic E-state index is 0.103. The van der Waals surface area contributed by atoms with Crippen LogP contribution in [0.4, 0.5) is 17.1 Å². The summed E-state index contributed by atoms with van der Waals surface area (Å²) in [6, 6.07) is 12.2. The van der Waals surface area contributed by atoms with E-state index in [1.54, 1.807) is 41.3 Å². The van der Waals surface area contributed by atoms with Crippen molar-refractivity contribution in [1.29, 1.82) is 0 Å². The topological polar surface area (TPSA) is 86.8 Å². The molecule has 2 aliphatic heterocycles. The Morgan fingerprint density at radius 1 is 1.04 bits per heavy atom. The highest BCUT2D eigenvalue weighted by atomic mass is 32.2. The van der Waals surface area contributed by atoms with Gasteiger partial charge in [-0.2, -0.15) is 0 Å². The molecule has 0 bridgehead atoms. The highest BCUT2D eigenvalue weighted by Gasteiger charge is 2.26. The maximum absolute atomic E-state index is 12.6. The van der Waals surface area contributed by atoms with Gasteiger partial charge in [-0.05, 0) is 54.8 Å². The molecule has 0 unspecified atom stereocenters. The first kappa shape index (κ1) is 18.5. The molecule has 8 heteroatoms. The van der Waals surface area contributed by atoms with E-state index in [-0.39, 0.29) is 11.8 Å². The zero-order valence-corrected chi connectivity index (χ0v) is 16.3. The lowest BCUT2D eigenvalue weighted by Gasteiger charge is -2.17. The third-order valence-corrected chi connectivity index (χ3v) is 6.29. The number of hydrogen-bond donors (Lipinski definition) is 1. The molecule has 7 nitrogen and oxygen atoms in total. The van der Waals surface area contributed by atoms with Crippen LogP contribution in [0.1, 0.15) is 28.8 Å². The monoisotopic (exact) mass is 399 g/mol. The highest BCUT2D eigenvalue weighted by molar-refractivity contribution is 7.92. The van der Waals surface area contributed by atoms with E-state index in [2.05, 4.69) is 5.32 Å². The van der Waals surface area contributed by atoms with Gasteiger partial charge in [-0.1, -0.05) is 6.07 Å². The molecule has 1 fully saturated rings. The smallest absolute Gasteiger partial charge is 0.255 e. The van der Waals surface area contributed by atoms with E-state index in [1.807, 2.05) is 6.07 Å². The van der Waals surface area contributed by atoms with E-state index >= 15 is 0 Å². The van der Waals surface area contributed by atoms with Gasteiger partial charge in [0.05, 0.1) is 11.9 Å². The van der Waals surface area contributed by atoms with Gasteiger partial charge >= 0.3 is 0 Å². The number of fused-ring (bicyclic) bond motifs is 1. The minimum atomic E-state index is -3.34. The number of carbonyl (C=O) groups is 2. The van der Waals surface area contributed by atoms with Crippen molar-refractivity contribution in [2.45, 2.75) is 19.3 Å². The Labute approximate surface area is 164 Å². The first-order valence-electron chi connectivity index (χ1n) is 9.15. The number of hydrogen-bond acceptors (Lipinski definition) is 4. The van der Waals surface area contributed by atoms with Crippen molar-refractivity contribution in [3.8, 4) is 0 Å². The van der Waals surface area contributed by atoms with Gasteiger partial charge in [0, 0.05) is 36.4 Å². The zero-order valence-electron chi connectivity index (χ0n) is 15.5. The summed E-state index contributed by atoms with van der Waals surface area (Å²) in [4.78, 5) is 26.1. The third kappa shape index (κ3) is 3.47. The molecule has 1 N–H and O–H groups in total. The molecule has 2 heterocycles. The van der Waals surface area contributed by atoms with E-state index in [4.69, 9.17) is 0 Å². The number of sulfonamides is 1. The molecule has 4 rings (SSSR count). The molecule has 2 aliphatic rings. The van der Waals surface area contributed by atoms with Gasteiger partial charge in [0.2, 0.25) is 15.9 Å². The summed E-state index contributed by atoms with van der Waals surface area (Å²) in [6.45, 7) is 1.12. The van der Waals surface area contributed by atoms with Crippen molar-refractivity contribution in [3.05, 3.63) is 53.6 Å². The van der Waals surface area contributed by atoms with Gasteiger partial charge in [0.15, 0.2) is 0 Å². The van der Waals surface area contributed by atoms with E-state index < -0.39 is 10.0 Å². The highest BCUT2D eigenvalue weighted by Crippen LogP contribution is 2.32. The first-order valence-corrected chi connectivity index (χ1v) is 11.0. The van der Waals surface area contributed by atoms with E-state index in [0.717, 1.165) is 17.7 Å². The van der Waals surface area contributed by atoms with E-state index in [1.165, 1.54) is 10.6 Å². The predicted octanol–water partition coefficient (Wildman–Crippen LogP) is 2.39. The fourth-order valence-corrected chi connectivity index (χ4v) is 4.64. The summed E-state index contributed by atoms with van der Waals surface area (Å²) >= 11 is 0. The Kier molecular flexibility index (Phi) is 4.58. The minimum Gasteiger partial charge on any atom is -0.322 e. The van der Waals surface area contributed by atoms with Crippen molar-refractivity contribution in [3.63, 3.8) is 0 Å². The second kappa shape index (κ2) is 6.94. The molecule has 0 aliphatic carbocycles. The first-order chi connectivity index (χ1) is 13.3. The number of anilines is 3. The fourth-order valence-electron chi connectivity index (χ4n) is 3.69. The lowest BCUT2D eigenvalue weighted by Crippen LogP contribution is -2.27. The summed E-state index contributed by atoms with van der Waals surface area (Å²) in [6.07, 6.45) is 3.25. The SMILES string of the molecule is CS(=O)(=O)N1CCc2ccc(NC(=O)c3ccc(N4CCCC4=O)cc3)cc21. The van der Waals surface area contributed by atoms with Crippen LogP contribution in [0.2, 0.25) is 0 Å². The van der Waals surface area contributed by atoms with Crippen LogP contribution < -0.4 is 14.5 Å². The molecule has 28 heavy (non-hydrogen) atoms. The van der Waals surface area contributed by atoms with Gasteiger partial charge in [-0.3, -0.25) is 13.9 Å². The average molecular weight is 399 g/mol. The Morgan fingerprint density at radius 2 is 1.79 bits per heavy atom. The van der Waals surface area contributed by atoms with Gasteiger partial charge < -0.3 is 10.2 Å². The third-order valence-electron chi connectivity index (χ3n) is 5.11. The second-order valence-corrected chi connectivity index (χ2v) is 8.99. The van der Waals surface area contributed by atoms with Crippen LogP contribution in [-0.2, 0) is 21.2 Å². The van der Waals surface area contributed by atoms with Crippen molar-refractivity contribution < 1.29 is 18.0 Å². The van der Waals surface area contributed by atoms with Crippen molar-refractivity contribution in [2.75, 3.05) is 33.9 Å². The standard InChI is InChI=1S/C20H21N3O4S/c1-28(26,27)23-12-10-14-4-7-16(13-18(14)23)21-20(25)15-5-8-17(9-6-15)22-11-2-3-19(22)24/h4-9,13H,2-3,10-12H2,1H3,(H,21,25). The molecular weight excluding hydrogens is 378 g/mol. The van der Waals surface area contributed by atoms with Crippen LogP contribution in [-0.4, -0.2) is 39.6 Å². The number of nitrogens with zero attached hydrogens (tertiary/aromatic N) is 2. The summed E-state index contributed by atoms with van der Waals surface area (Å²) in [5, 5.41) is 2.82. The molecule has 0 aromatic heterocycles. The molecule has 2 aromatic carbocycles. The Bertz CT molecular complexity index is 1050. The lowest BCUT2D eigenvalue weighted by molar-refractivity contribution is -0.117. The summed E-state index contributed by atoms with van der Waals surface area (Å²) in [5.74, 6) is -0.186. The summed E-state index contributed by atoms with van der Waals surface area (Å²) < 4.78 is 25.2. The van der Waals surface area contributed by atoms with Crippen LogP contribution in [0, 0.1) is 0 Å². The molecule has 2 amide bonds. The van der Waals surface area contributed by atoms with Crippen LogP contribution in [0.15, 0.2) is 42.5 Å². The van der Waals surface area contributed by atoms with Gasteiger partial charge in [-0.15, -0.1) is 0 Å². The van der Waals surface area contributed by atoms with Gasteiger partial charge in [0.25, 0.3) is 5.91 Å². The van der Waals surface area contributed by atoms with Crippen LogP contribution in [0.5, 0.6) is 0 Å². The van der Waals surface area contributed by atoms with Gasteiger partial charge in [0.1, 0.15) is 0 Å². The molecule has 1 saturated heterocycles. The molecule has 0 saturated carbocycles. The van der Waals surface area contributed by atoms with Crippen molar-refractivity contribution in [1.82, 2.24) is 0 Å². The van der Waals surface area contributed by atoms with E-state index in [0.29, 0.717) is 42.9 Å². The normalized spacial score (nSPS) is 16.4. The largest absolute Gasteiger partial charge is 0.322 e. The Morgan fingerprint density at radius 3 is 2.43 bits per heavy atom. The summed E-state index contributed by atoms with van der Waals surface area (Å²) in [5.41, 5.74) is 3.36. The maximum Gasteiger partial charge on any atom is 0.255 e. The number of amides is 2. The Balaban J connectivity index is 1.51. The van der Waals surface area contributed by atoms with E-state index in [9.17, 15) is 18.0 Å². The number of nitrogens with one attached hydrogen (secondary N) is 1. The molecule has 0 radical (unpaired) electrons. The van der Waals surface area contributed by atoms with Crippen LogP contribution in [0.3, 0.4) is 0 Å². The fraction of sp³-hybridized carbons (Fsp3) is 0.300. The van der Waals surface area contributed by atoms with Crippen molar-refractivity contribution in [2.24, 2.45) is 0 Å². The molecule has 146 valence electrons. The molecule has 0 atom stereocenters. The molecule has 2 aromatic rings. The predicted molar refractivity (Wildman–Crippen MR) is 108 cm³/mol. The average Bonchev–Trinajstić information content (AvgIpc) is 3.27. The summed E-state index contributed by atoms with van der Waals surface area (Å²) in [7, 11) is -3.34. The number of carbonyl (C=O) groups excluding carboxylic acids is 2.